The van der Waals surface area contributed by atoms with E-state index in [4.69, 9.17) is 0 Å². The van der Waals surface area contributed by atoms with Gasteiger partial charge in [-0.05, 0) is 28.7 Å². The summed E-state index contributed by atoms with van der Waals surface area (Å²) in [5.74, 6) is -1.24. The van der Waals surface area contributed by atoms with E-state index >= 15 is 0 Å². The van der Waals surface area contributed by atoms with Crippen LogP contribution in [0, 0.1) is 0 Å². The van der Waals surface area contributed by atoms with Crippen molar-refractivity contribution >= 4 is 27.7 Å². The van der Waals surface area contributed by atoms with Crippen LogP contribution < -0.4 is 5.43 Å². The molecule has 5 nitrogen and oxygen atoms in total. The van der Waals surface area contributed by atoms with Crippen LogP contribution in [0.25, 0.3) is 21.5 Å². The monoisotopic (exact) mass is 466 g/mol. The predicted molar refractivity (Wildman–Crippen MR) is 136 cm³/mol. The van der Waals surface area contributed by atoms with Gasteiger partial charge in [-0.15, -0.1) is 11.3 Å². The van der Waals surface area contributed by atoms with Crippen molar-refractivity contribution in [2.75, 3.05) is 0 Å². The Morgan fingerprint density at radius 3 is 2.29 bits per heavy atom. The molecular weight excluding hydrogens is 444 g/mol. The van der Waals surface area contributed by atoms with Gasteiger partial charge in [-0.2, -0.15) is 0 Å². The van der Waals surface area contributed by atoms with Crippen LogP contribution in [0.15, 0.2) is 95.9 Å². The molecule has 0 aliphatic carbocycles. The predicted octanol–water partition coefficient (Wildman–Crippen LogP) is 5.66. The van der Waals surface area contributed by atoms with Crippen LogP contribution in [0.1, 0.15) is 26.5 Å². The number of hydrogen-bond acceptors (Lipinski definition) is 4. The Morgan fingerprint density at radius 2 is 1.56 bits per heavy atom. The molecule has 168 valence electrons. The largest absolute Gasteiger partial charge is 0.477 e. The van der Waals surface area contributed by atoms with Crippen molar-refractivity contribution in [1.82, 2.24) is 9.55 Å². The highest BCUT2D eigenvalue weighted by molar-refractivity contribution is 7.18. The van der Waals surface area contributed by atoms with E-state index < -0.39 is 11.4 Å². The number of thiazole rings is 1. The summed E-state index contributed by atoms with van der Waals surface area (Å²) < 4.78 is 1.85. The summed E-state index contributed by atoms with van der Waals surface area (Å²) in [7, 11) is 0. The molecular formula is C28H22N2O3S. The van der Waals surface area contributed by atoms with Crippen molar-refractivity contribution in [3.8, 4) is 11.1 Å². The molecule has 5 aromatic rings. The third-order valence-corrected chi connectivity index (χ3v) is 6.95. The summed E-state index contributed by atoms with van der Waals surface area (Å²) in [5.41, 5.74) is 3.82. The average molecular weight is 467 g/mol. The first-order chi connectivity index (χ1) is 16.6. The van der Waals surface area contributed by atoms with Gasteiger partial charge in [-0.25, -0.2) is 9.78 Å². The summed E-state index contributed by atoms with van der Waals surface area (Å²) in [5, 5.41) is 10.5. The third kappa shape index (κ3) is 4.40. The summed E-state index contributed by atoms with van der Waals surface area (Å²) in [6.45, 7) is 0.433. The summed E-state index contributed by atoms with van der Waals surface area (Å²) in [4.78, 5) is 30.0. The first-order valence-electron chi connectivity index (χ1n) is 11.0. The molecule has 0 saturated carbocycles. The van der Waals surface area contributed by atoms with Crippen LogP contribution in [-0.2, 0) is 19.4 Å². The molecule has 0 aliphatic rings. The Hall–Kier alpha value is -4.03. The highest BCUT2D eigenvalue weighted by atomic mass is 32.1. The maximum absolute atomic E-state index is 12.9. The number of pyridine rings is 1. The van der Waals surface area contributed by atoms with Crippen molar-refractivity contribution in [3.05, 3.63) is 123 Å². The standard InChI is InChI=1S/C28H22N2O3S/c31-26-23(28(32)33)18-30(17-21-13-7-8-14-22(21)20-11-5-2-6-12-20)27-25(26)29-24(34-27)16-15-19-9-3-1-4-10-19/h1-14,18H,15-17H2,(H,32,33). The Morgan fingerprint density at radius 1 is 0.882 bits per heavy atom. The molecule has 0 fully saturated rings. The lowest BCUT2D eigenvalue weighted by molar-refractivity contribution is 0.0695. The van der Waals surface area contributed by atoms with Crippen LogP contribution in [0.5, 0.6) is 0 Å². The van der Waals surface area contributed by atoms with Gasteiger partial charge in [-0.3, -0.25) is 4.79 Å². The van der Waals surface area contributed by atoms with Crippen LogP contribution >= 0.6 is 11.3 Å². The van der Waals surface area contributed by atoms with Crippen LogP contribution in [0.3, 0.4) is 0 Å². The van der Waals surface area contributed by atoms with E-state index in [1.165, 1.54) is 23.1 Å². The quantitative estimate of drug-likeness (QED) is 0.336. The zero-order valence-electron chi connectivity index (χ0n) is 18.3. The number of carbonyl (C=O) groups is 1. The number of hydrogen-bond donors (Lipinski definition) is 1. The molecule has 2 aromatic heterocycles. The van der Waals surface area contributed by atoms with Crippen molar-refractivity contribution in [2.24, 2.45) is 0 Å². The molecule has 0 aliphatic heterocycles. The fourth-order valence-corrected chi connectivity index (χ4v) is 5.15. The maximum atomic E-state index is 12.9. The molecule has 3 aromatic carbocycles. The van der Waals surface area contributed by atoms with E-state index in [1.54, 1.807) is 0 Å². The zero-order chi connectivity index (χ0) is 23.5. The molecule has 0 saturated heterocycles. The normalized spacial score (nSPS) is 11.1. The first-order valence-corrected chi connectivity index (χ1v) is 11.8. The maximum Gasteiger partial charge on any atom is 0.341 e. The number of aromatic nitrogens is 2. The van der Waals surface area contributed by atoms with Gasteiger partial charge < -0.3 is 9.67 Å². The van der Waals surface area contributed by atoms with Crippen LogP contribution in [-0.4, -0.2) is 20.6 Å². The molecule has 0 unspecified atom stereocenters. The van der Waals surface area contributed by atoms with E-state index in [0.717, 1.165) is 28.1 Å². The van der Waals surface area contributed by atoms with Gasteiger partial charge in [0.1, 0.15) is 15.9 Å². The Kier molecular flexibility index (Phi) is 6.06. The van der Waals surface area contributed by atoms with E-state index in [1.807, 2.05) is 59.2 Å². The molecule has 1 N–H and O–H groups in total. The second kappa shape index (κ2) is 9.45. The van der Waals surface area contributed by atoms with Gasteiger partial charge in [0, 0.05) is 19.2 Å². The number of nitrogens with zero attached hydrogens (tertiary/aromatic N) is 2. The minimum Gasteiger partial charge on any atom is -0.477 e. The fraction of sp³-hybridized carbons (Fsp3) is 0.107. The first kappa shape index (κ1) is 21.8. The van der Waals surface area contributed by atoms with Gasteiger partial charge in [0.15, 0.2) is 0 Å². The van der Waals surface area contributed by atoms with E-state index in [0.29, 0.717) is 17.8 Å². The van der Waals surface area contributed by atoms with Crippen molar-refractivity contribution in [2.45, 2.75) is 19.4 Å². The second-order valence-electron chi connectivity index (χ2n) is 8.08. The van der Waals surface area contributed by atoms with Gasteiger partial charge in [0.2, 0.25) is 5.43 Å². The number of aromatic carboxylic acids is 1. The Balaban J connectivity index is 1.57. The highest BCUT2D eigenvalue weighted by Crippen LogP contribution is 2.27. The van der Waals surface area contributed by atoms with Gasteiger partial charge in [0.25, 0.3) is 0 Å². The Labute approximate surface area is 200 Å². The highest BCUT2D eigenvalue weighted by Gasteiger charge is 2.19. The summed E-state index contributed by atoms with van der Waals surface area (Å²) in [6.07, 6.45) is 2.94. The minimum atomic E-state index is -1.24. The molecule has 0 bridgehead atoms. The lowest BCUT2D eigenvalue weighted by atomic mass is 9.99. The number of aryl methyl sites for hydroxylation is 2. The van der Waals surface area contributed by atoms with E-state index in [2.05, 4.69) is 35.3 Å². The summed E-state index contributed by atoms with van der Waals surface area (Å²) in [6, 6.07) is 28.2. The zero-order valence-corrected chi connectivity index (χ0v) is 19.2. The number of rotatable bonds is 7. The molecule has 34 heavy (non-hydrogen) atoms. The van der Waals surface area contributed by atoms with Gasteiger partial charge in [-0.1, -0.05) is 84.9 Å². The second-order valence-corrected chi connectivity index (χ2v) is 9.14. The molecule has 0 amide bonds. The van der Waals surface area contributed by atoms with E-state index in [9.17, 15) is 14.7 Å². The van der Waals surface area contributed by atoms with Gasteiger partial charge in [0.05, 0.1) is 5.01 Å². The average Bonchev–Trinajstić information content (AvgIpc) is 3.31. The Bertz CT molecular complexity index is 1520. The smallest absolute Gasteiger partial charge is 0.341 e. The van der Waals surface area contributed by atoms with Gasteiger partial charge >= 0.3 is 5.97 Å². The van der Waals surface area contributed by atoms with Crippen LogP contribution in [0.4, 0.5) is 0 Å². The molecule has 2 heterocycles. The fourth-order valence-electron chi connectivity index (χ4n) is 4.11. The van der Waals surface area contributed by atoms with Crippen LogP contribution in [0.2, 0.25) is 0 Å². The van der Waals surface area contributed by atoms with Crippen molar-refractivity contribution in [3.63, 3.8) is 0 Å². The molecule has 0 spiro atoms. The lowest BCUT2D eigenvalue weighted by Gasteiger charge is -2.13. The topological polar surface area (TPSA) is 72.2 Å². The minimum absolute atomic E-state index is 0.227. The molecule has 0 radical (unpaired) electrons. The SMILES string of the molecule is O=C(O)c1cn(Cc2ccccc2-c2ccccc2)c2sc(CCc3ccccc3)nc2c1=O. The number of benzene rings is 3. The number of carboxylic acids is 1. The van der Waals surface area contributed by atoms with Crippen molar-refractivity contribution < 1.29 is 9.90 Å². The molecule has 0 atom stereocenters. The van der Waals surface area contributed by atoms with Crippen molar-refractivity contribution in [1.29, 1.82) is 0 Å². The lowest BCUT2D eigenvalue weighted by Crippen LogP contribution is -2.19. The summed E-state index contributed by atoms with van der Waals surface area (Å²) >= 11 is 1.46. The third-order valence-electron chi connectivity index (χ3n) is 5.80. The molecule has 5 rings (SSSR count). The number of carboxylic acid groups (broad SMARTS) is 1. The molecule has 6 heteroatoms. The number of fused-ring (bicyclic) bond motifs is 1. The van der Waals surface area contributed by atoms with E-state index in [-0.39, 0.29) is 11.1 Å².